The molecule has 3 unspecified atom stereocenters. The lowest BCUT2D eigenvalue weighted by molar-refractivity contribution is -0.0108. The van der Waals surface area contributed by atoms with Crippen LogP contribution in [0.5, 0.6) is 0 Å². The van der Waals surface area contributed by atoms with Crippen molar-refractivity contribution in [1.29, 1.82) is 0 Å². The first-order valence-corrected chi connectivity index (χ1v) is 7.12. The molecule has 2 heteroatoms. The van der Waals surface area contributed by atoms with Gasteiger partial charge < -0.3 is 10.1 Å². The van der Waals surface area contributed by atoms with Gasteiger partial charge in [0.05, 0.1) is 12.7 Å². The van der Waals surface area contributed by atoms with Crippen LogP contribution in [0.4, 0.5) is 0 Å². The van der Waals surface area contributed by atoms with E-state index in [-0.39, 0.29) is 0 Å². The van der Waals surface area contributed by atoms with Gasteiger partial charge in [0, 0.05) is 12.6 Å². The van der Waals surface area contributed by atoms with Crippen molar-refractivity contribution in [3.8, 4) is 0 Å². The third-order valence-electron chi connectivity index (χ3n) is 3.90. The fraction of sp³-hybridized carbons (Fsp3) is 1.00. The zero-order valence-electron chi connectivity index (χ0n) is 11.3. The minimum Gasteiger partial charge on any atom is -0.377 e. The molecule has 0 amide bonds. The Hall–Kier alpha value is -0.0800. The molecule has 1 fully saturated rings. The molecule has 1 aliphatic rings. The Bertz CT molecular complexity index is 172. The van der Waals surface area contributed by atoms with Crippen molar-refractivity contribution in [2.75, 3.05) is 13.2 Å². The molecule has 0 bridgehead atoms. The third-order valence-corrected chi connectivity index (χ3v) is 3.90. The van der Waals surface area contributed by atoms with E-state index in [9.17, 15) is 0 Å². The van der Waals surface area contributed by atoms with Crippen molar-refractivity contribution < 1.29 is 4.74 Å². The van der Waals surface area contributed by atoms with E-state index in [1.165, 1.54) is 38.5 Å². The van der Waals surface area contributed by atoms with Gasteiger partial charge in [-0.15, -0.1) is 0 Å². The van der Waals surface area contributed by atoms with Crippen molar-refractivity contribution in [1.82, 2.24) is 5.32 Å². The Morgan fingerprint density at radius 2 is 2.00 bits per heavy atom. The summed E-state index contributed by atoms with van der Waals surface area (Å²) in [5, 5.41) is 3.48. The second-order valence-electron chi connectivity index (χ2n) is 5.13. The SMILES string of the molecule is CCC(C)NCCOC1CCCCC1CC. The highest BCUT2D eigenvalue weighted by molar-refractivity contribution is 4.75. The summed E-state index contributed by atoms with van der Waals surface area (Å²) in [6, 6.07) is 0.622. The first-order valence-electron chi connectivity index (χ1n) is 7.12. The van der Waals surface area contributed by atoms with Crippen LogP contribution in [0.1, 0.15) is 59.3 Å². The minimum atomic E-state index is 0.539. The average molecular weight is 227 g/mol. The van der Waals surface area contributed by atoms with Crippen LogP contribution in [0.2, 0.25) is 0 Å². The summed E-state index contributed by atoms with van der Waals surface area (Å²) in [5.74, 6) is 0.817. The predicted molar refractivity (Wildman–Crippen MR) is 69.7 cm³/mol. The number of ether oxygens (including phenoxy) is 1. The molecular formula is C14H29NO. The van der Waals surface area contributed by atoms with Gasteiger partial charge in [0.15, 0.2) is 0 Å². The molecule has 1 rings (SSSR count). The molecule has 16 heavy (non-hydrogen) atoms. The van der Waals surface area contributed by atoms with E-state index in [2.05, 4.69) is 26.1 Å². The van der Waals surface area contributed by atoms with Gasteiger partial charge in [-0.3, -0.25) is 0 Å². The van der Waals surface area contributed by atoms with Crippen LogP contribution >= 0.6 is 0 Å². The Morgan fingerprint density at radius 3 is 2.69 bits per heavy atom. The largest absolute Gasteiger partial charge is 0.377 e. The van der Waals surface area contributed by atoms with E-state index in [1.54, 1.807) is 0 Å². The zero-order valence-corrected chi connectivity index (χ0v) is 11.3. The normalized spacial score (nSPS) is 27.9. The molecule has 2 nitrogen and oxygen atoms in total. The standard InChI is InChI=1S/C14H29NO/c1-4-12(3)15-10-11-16-14-9-7-6-8-13(14)5-2/h12-15H,4-11H2,1-3H3. The molecule has 0 aliphatic heterocycles. The highest BCUT2D eigenvalue weighted by atomic mass is 16.5. The van der Waals surface area contributed by atoms with Gasteiger partial charge in [-0.05, 0) is 32.1 Å². The molecule has 3 atom stereocenters. The van der Waals surface area contributed by atoms with Gasteiger partial charge in [0.2, 0.25) is 0 Å². The second kappa shape index (κ2) is 8.08. The molecule has 0 heterocycles. The second-order valence-corrected chi connectivity index (χ2v) is 5.13. The van der Waals surface area contributed by atoms with E-state index in [1.807, 2.05) is 0 Å². The number of hydrogen-bond donors (Lipinski definition) is 1. The van der Waals surface area contributed by atoms with E-state index >= 15 is 0 Å². The van der Waals surface area contributed by atoms with Crippen LogP contribution in [0.3, 0.4) is 0 Å². The fourth-order valence-electron chi connectivity index (χ4n) is 2.52. The fourth-order valence-corrected chi connectivity index (χ4v) is 2.52. The van der Waals surface area contributed by atoms with E-state index in [4.69, 9.17) is 4.74 Å². The maximum Gasteiger partial charge on any atom is 0.0603 e. The zero-order chi connectivity index (χ0) is 11.8. The van der Waals surface area contributed by atoms with Crippen LogP contribution in [-0.4, -0.2) is 25.3 Å². The first kappa shape index (κ1) is 14.0. The molecule has 1 aliphatic carbocycles. The van der Waals surface area contributed by atoms with Crippen LogP contribution in [0, 0.1) is 5.92 Å². The van der Waals surface area contributed by atoms with Gasteiger partial charge in [-0.2, -0.15) is 0 Å². The quantitative estimate of drug-likeness (QED) is 0.673. The molecule has 0 spiro atoms. The summed E-state index contributed by atoms with van der Waals surface area (Å²) in [4.78, 5) is 0. The maximum absolute atomic E-state index is 6.02. The highest BCUT2D eigenvalue weighted by Crippen LogP contribution is 2.28. The Balaban J connectivity index is 2.10. The number of hydrogen-bond acceptors (Lipinski definition) is 2. The molecule has 0 aromatic rings. The lowest BCUT2D eigenvalue weighted by Gasteiger charge is -2.31. The summed E-state index contributed by atoms with van der Waals surface area (Å²) in [5.41, 5.74) is 0. The summed E-state index contributed by atoms with van der Waals surface area (Å²) in [6.07, 6.45) is 8.44. The van der Waals surface area contributed by atoms with Gasteiger partial charge in [0.25, 0.3) is 0 Å². The van der Waals surface area contributed by atoms with Gasteiger partial charge >= 0.3 is 0 Å². The highest BCUT2D eigenvalue weighted by Gasteiger charge is 2.23. The lowest BCUT2D eigenvalue weighted by Crippen LogP contribution is -2.33. The summed E-state index contributed by atoms with van der Waals surface area (Å²) < 4.78 is 6.02. The molecule has 0 saturated heterocycles. The van der Waals surface area contributed by atoms with Crippen LogP contribution in [0.15, 0.2) is 0 Å². The lowest BCUT2D eigenvalue weighted by atomic mass is 9.85. The predicted octanol–water partition coefficient (Wildman–Crippen LogP) is 3.36. The van der Waals surface area contributed by atoms with Crippen molar-refractivity contribution >= 4 is 0 Å². The summed E-state index contributed by atoms with van der Waals surface area (Å²) >= 11 is 0. The third kappa shape index (κ3) is 4.84. The van der Waals surface area contributed by atoms with E-state index in [0.717, 1.165) is 19.1 Å². The molecule has 1 saturated carbocycles. The smallest absolute Gasteiger partial charge is 0.0603 e. The topological polar surface area (TPSA) is 21.3 Å². The number of rotatable bonds is 7. The first-order chi connectivity index (χ1) is 7.77. The van der Waals surface area contributed by atoms with Crippen LogP contribution in [-0.2, 0) is 4.74 Å². The minimum absolute atomic E-state index is 0.539. The van der Waals surface area contributed by atoms with E-state index in [0.29, 0.717) is 12.1 Å². The van der Waals surface area contributed by atoms with Crippen molar-refractivity contribution in [2.45, 2.75) is 71.4 Å². The Morgan fingerprint density at radius 1 is 1.25 bits per heavy atom. The molecule has 0 aromatic heterocycles. The van der Waals surface area contributed by atoms with Crippen molar-refractivity contribution in [2.24, 2.45) is 5.92 Å². The van der Waals surface area contributed by atoms with Crippen LogP contribution < -0.4 is 5.32 Å². The van der Waals surface area contributed by atoms with Gasteiger partial charge in [-0.1, -0.05) is 33.1 Å². The average Bonchev–Trinajstić information content (AvgIpc) is 2.34. The molecule has 0 radical (unpaired) electrons. The Labute approximate surface area is 101 Å². The molecule has 0 aromatic carbocycles. The summed E-state index contributed by atoms with van der Waals surface area (Å²) in [6.45, 7) is 8.62. The monoisotopic (exact) mass is 227 g/mol. The van der Waals surface area contributed by atoms with Crippen molar-refractivity contribution in [3.63, 3.8) is 0 Å². The van der Waals surface area contributed by atoms with Crippen LogP contribution in [0.25, 0.3) is 0 Å². The van der Waals surface area contributed by atoms with Gasteiger partial charge in [-0.25, -0.2) is 0 Å². The molecule has 96 valence electrons. The summed E-state index contributed by atoms with van der Waals surface area (Å²) in [7, 11) is 0. The molecular weight excluding hydrogens is 198 g/mol. The van der Waals surface area contributed by atoms with E-state index < -0.39 is 0 Å². The van der Waals surface area contributed by atoms with Crippen molar-refractivity contribution in [3.05, 3.63) is 0 Å². The number of nitrogens with one attached hydrogen (secondary N) is 1. The van der Waals surface area contributed by atoms with Gasteiger partial charge in [0.1, 0.15) is 0 Å². The maximum atomic E-state index is 6.02. The Kier molecular flexibility index (Phi) is 7.06. The molecule has 1 N–H and O–H groups in total.